The smallest absolute Gasteiger partial charge is 0.239 e. The highest BCUT2D eigenvalue weighted by Crippen LogP contribution is 2.24. The number of amides is 1. The van der Waals surface area contributed by atoms with Crippen molar-refractivity contribution in [1.82, 2.24) is 15.5 Å². The molecule has 1 amide bonds. The number of ether oxygens (including phenoxy) is 1. The summed E-state index contributed by atoms with van der Waals surface area (Å²) in [6.45, 7) is 4.65. The van der Waals surface area contributed by atoms with E-state index in [1.807, 2.05) is 18.2 Å². The summed E-state index contributed by atoms with van der Waals surface area (Å²) in [4.78, 5) is 14.6. The first kappa shape index (κ1) is 18.0. The molecule has 2 aliphatic heterocycles. The molecule has 2 fully saturated rings. The summed E-state index contributed by atoms with van der Waals surface area (Å²) in [7, 11) is 0. The van der Waals surface area contributed by atoms with Gasteiger partial charge in [-0.1, -0.05) is 29.3 Å². The number of benzene rings is 1. The quantitative estimate of drug-likeness (QED) is 0.850. The molecule has 1 aromatic carbocycles. The van der Waals surface area contributed by atoms with Gasteiger partial charge >= 0.3 is 0 Å². The van der Waals surface area contributed by atoms with Crippen LogP contribution >= 0.6 is 23.2 Å². The van der Waals surface area contributed by atoms with Gasteiger partial charge in [0.2, 0.25) is 5.91 Å². The molecule has 2 heterocycles. The van der Waals surface area contributed by atoms with Gasteiger partial charge in [0, 0.05) is 32.2 Å². The molecule has 24 heavy (non-hydrogen) atoms. The third kappa shape index (κ3) is 4.83. The van der Waals surface area contributed by atoms with E-state index < -0.39 is 0 Å². The molecule has 1 unspecified atom stereocenters. The summed E-state index contributed by atoms with van der Waals surface area (Å²) in [6.07, 6.45) is 1.92. The Morgan fingerprint density at radius 1 is 1.29 bits per heavy atom. The van der Waals surface area contributed by atoms with E-state index >= 15 is 0 Å². The fourth-order valence-corrected chi connectivity index (χ4v) is 3.49. The minimum Gasteiger partial charge on any atom is -0.378 e. The lowest BCUT2D eigenvalue weighted by Crippen LogP contribution is -2.54. The molecule has 1 aromatic rings. The minimum atomic E-state index is -0.215. The number of nitrogens with one attached hydrogen (secondary N) is 2. The third-order valence-electron chi connectivity index (χ3n) is 4.56. The van der Waals surface area contributed by atoms with Crippen molar-refractivity contribution in [3.63, 3.8) is 0 Å². The Kier molecular flexibility index (Phi) is 6.36. The van der Waals surface area contributed by atoms with Crippen molar-refractivity contribution < 1.29 is 9.53 Å². The first-order valence-electron chi connectivity index (χ1n) is 8.39. The van der Waals surface area contributed by atoms with Gasteiger partial charge in [-0.05, 0) is 30.5 Å². The van der Waals surface area contributed by atoms with Crippen molar-refractivity contribution in [2.24, 2.45) is 0 Å². The zero-order valence-electron chi connectivity index (χ0n) is 13.6. The lowest BCUT2D eigenvalue weighted by molar-refractivity contribution is -0.126. The van der Waals surface area contributed by atoms with Crippen LogP contribution in [0, 0.1) is 0 Å². The molecule has 0 spiro atoms. The number of carbonyl (C=O) groups excluding carboxylic acids is 1. The van der Waals surface area contributed by atoms with E-state index in [1.54, 1.807) is 0 Å². The molecule has 1 atom stereocenters. The fourth-order valence-electron chi connectivity index (χ4n) is 3.17. The Balaban J connectivity index is 1.43. The lowest BCUT2D eigenvalue weighted by atomic mass is 10.0. The Hall–Kier alpha value is -0.850. The Labute approximate surface area is 152 Å². The number of carbonyl (C=O) groups is 1. The topological polar surface area (TPSA) is 53.6 Å². The lowest BCUT2D eigenvalue weighted by Gasteiger charge is -2.33. The number of hydrogen-bond acceptors (Lipinski definition) is 4. The largest absolute Gasteiger partial charge is 0.378 e. The minimum absolute atomic E-state index is 0.0534. The van der Waals surface area contributed by atoms with Gasteiger partial charge in [-0.25, -0.2) is 0 Å². The Bertz CT molecular complexity index is 571. The number of likely N-dealkylation sites (tertiary alicyclic amines) is 1. The van der Waals surface area contributed by atoms with E-state index in [1.165, 1.54) is 0 Å². The van der Waals surface area contributed by atoms with E-state index in [9.17, 15) is 4.79 Å². The molecule has 0 aliphatic carbocycles. The Morgan fingerprint density at radius 2 is 2.08 bits per heavy atom. The second-order valence-corrected chi connectivity index (χ2v) is 7.20. The van der Waals surface area contributed by atoms with Gasteiger partial charge in [0.15, 0.2) is 0 Å². The van der Waals surface area contributed by atoms with E-state index in [0.717, 1.165) is 44.6 Å². The van der Waals surface area contributed by atoms with Crippen LogP contribution < -0.4 is 10.6 Å². The van der Waals surface area contributed by atoms with Crippen molar-refractivity contribution in [2.75, 3.05) is 32.8 Å². The Morgan fingerprint density at radius 3 is 2.75 bits per heavy atom. The normalized spacial score (nSPS) is 23.2. The van der Waals surface area contributed by atoms with Gasteiger partial charge in [0.25, 0.3) is 0 Å². The van der Waals surface area contributed by atoms with Crippen molar-refractivity contribution in [3.8, 4) is 0 Å². The predicted octanol–water partition coefficient (Wildman–Crippen LogP) is 2.06. The van der Waals surface area contributed by atoms with Gasteiger partial charge < -0.3 is 15.4 Å². The van der Waals surface area contributed by atoms with Crippen LogP contribution in [0.3, 0.4) is 0 Å². The number of morpholine rings is 1. The average Bonchev–Trinajstić information content (AvgIpc) is 2.61. The summed E-state index contributed by atoms with van der Waals surface area (Å²) in [5.74, 6) is 0.0534. The summed E-state index contributed by atoms with van der Waals surface area (Å²) in [5.41, 5.74) is 1.16. The maximum absolute atomic E-state index is 12.2. The predicted molar refractivity (Wildman–Crippen MR) is 95.5 cm³/mol. The second kappa shape index (κ2) is 8.50. The van der Waals surface area contributed by atoms with Crippen LogP contribution in [0.25, 0.3) is 0 Å². The molecule has 7 heteroatoms. The molecule has 0 aromatic heterocycles. The van der Waals surface area contributed by atoms with Crippen molar-refractivity contribution in [2.45, 2.75) is 31.5 Å². The number of nitrogens with zero attached hydrogens (tertiary/aromatic N) is 1. The average molecular weight is 372 g/mol. The molecule has 0 bridgehead atoms. The van der Waals surface area contributed by atoms with Crippen molar-refractivity contribution >= 4 is 29.1 Å². The summed E-state index contributed by atoms with van der Waals surface area (Å²) >= 11 is 12.0. The molecule has 132 valence electrons. The molecular weight excluding hydrogens is 349 g/mol. The van der Waals surface area contributed by atoms with E-state index in [2.05, 4.69) is 15.5 Å². The first-order valence-corrected chi connectivity index (χ1v) is 9.15. The van der Waals surface area contributed by atoms with Gasteiger partial charge in [0.1, 0.15) is 6.04 Å². The SMILES string of the molecule is O=C(NC1CCN(Cc2ccc(Cl)c(Cl)c2)CC1)C1COCCN1. The molecule has 3 rings (SSSR count). The molecule has 2 saturated heterocycles. The molecular formula is C17H23Cl2N3O2. The highest BCUT2D eigenvalue weighted by atomic mass is 35.5. The van der Waals surface area contributed by atoms with Gasteiger partial charge in [-0.2, -0.15) is 0 Å². The van der Waals surface area contributed by atoms with E-state index in [-0.39, 0.29) is 18.0 Å². The number of halogens is 2. The van der Waals surface area contributed by atoms with E-state index in [0.29, 0.717) is 23.3 Å². The summed E-state index contributed by atoms with van der Waals surface area (Å²) in [6, 6.07) is 5.80. The standard InChI is InChI=1S/C17H23Cl2N3O2/c18-14-2-1-12(9-15(14)19)10-22-6-3-13(4-7-22)21-17(23)16-11-24-8-5-20-16/h1-2,9,13,16,20H,3-8,10-11H2,(H,21,23). The number of piperidine rings is 1. The monoisotopic (exact) mass is 371 g/mol. The van der Waals surface area contributed by atoms with Crippen LogP contribution in [-0.4, -0.2) is 55.7 Å². The molecule has 0 radical (unpaired) electrons. The van der Waals surface area contributed by atoms with Crippen LogP contribution in [0.4, 0.5) is 0 Å². The van der Waals surface area contributed by atoms with Crippen LogP contribution in [0.5, 0.6) is 0 Å². The van der Waals surface area contributed by atoms with Crippen molar-refractivity contribution in [3.05, 3.63) is 33.8 Å². The maximum Gasteiger partial charge on any atom is 0.239 e. The van der Waals surface area contributed by atoms with Gasteiger partial charge in [0.05, 0.1) is 23.3 Å². The molecule has 2 N–H and O–H groups in total. The van der Waals surface area contributed by atoms with Crippen LogP contribution in [0.15, 0.2) is 18.2 Å². The van der Waals surface area contributed by atoms with Crippen LogP contribution in [-0.2, 0) is 16.1 Å². The molecule has 5 nitrogen and oxygen atoms in total. The van der Waals surface area contributed by atoms with Crippen LogP contribution in [0.1, 0.15) is 18.4 Å². The first-order chi connectivity index (χ1) is 11.6. The van der Waals surface area contributed by atoms with Gasteiger partial charge in [-0.3, -0.25) is 9.69 Å². The zero-order valence-corrected chi connectivity index (χ0v) is 15.1. The third-order valence-corrected chi connectivity index (χ3v) is 5.30. The van der Waals surface area contributed by atoms with Crippen molar-refractivity contribution in [1.29, 1.82) is 0 Å². The molecule has 0 saturated carbocycles. The summed E-state index contributed by atoms with van der Waals surface area (Å²) < 4.78 is 5.34. The maximum atomic E-state index is 12.2. The van der Waals surface area contributed by atoms with Gasteiger partial charge in [-0.15, -0.1) is 0 Å². The highest BCUT2D eigenvalue weighted by molar-refractivity contribution is 6.42. The fraction of sp³-hybridized carbons (Fsp3) is 0.588. The zero-order chi connectivity index (χ0) is 16.9. The van der Waals surface area contributed by atoms with Crippen LogP contribution in [0.2, 0.25) is 10.0 Å². The number of rotatable bonds is 4. The van der Waals surface area contributed by atoms with E-state index in [4.69, 9.17) is 27.9 Å². The second-order valence-electron chi connectivity index (χ2n) is 6.39. The number of hydrogen-bond donors (Lipinski definition) is 2. The summed E-state index contributed by atoms with van der Waals surface area (Å²) in [5, 5.41) is 7.51. The highest BCUT2D eigenvalue weighted by Gasteiger charge is 2.26. The molecule has 2 aliphatic rings.